The molecule has 0 amide bonds. The first-order chi connectivity index (χ1) is 9.58. The molecule has 2 aromatic rings. The first-order valence-corrected chi connectivity index (χ1v) is 6.78. The van der Waals surface area contributed by atoms with Crippen LogP contribution in [-0.4, -0.2) is 11.6 Å². The van der Waals surface area contributed by atoms with Crippen molar-refractivity contribution < 1.29 is 9.15 Å². The molecule has 0 aliphatic carbocycles. The lowest BCUT2D eigenvalue weighted by Gasteiger charge is -2.10. The lowest BCUT2D eigenvalue weighted by molar-refractivity contribution is 0.318. The van der Waals surface area contributed by atoms with E-state index in [0.717, 1.165) is 29.3 Å². The predicted octanol–water partition coefficient (Wildman–Crippen LogP) is 3.27. The van der Waals surface area contributed by atoms with Crippen LogP contribution in [-0.2, 0) is 6.54 Å². The lowest BCUT2D eigenvalue weighted by Crippen LogP contribution is -2.02. The number of hydrogen-bond donors (Lipinski definition) is 2. The maximum atomic E-state index is 5.87. The maximum Gasteiger partial charge on any atom is 0.213 e. The molecule has 20 heavy (non-hydrogen) atoms. The van der Waals surface area contributed by atoms with Gasteiger partial charge in [0.2, 0.25) is 5.89 Å². The highest BCUT2D eigenvalue weighted by Crippen LogP contribution is 2.23. The number of oxazole rings is 1. The molecular formula is C15H21N3O2. The quantitative estimate of drug-likeness (QED) is 0.791. The van der Waals surface area contributed by atoms with Gasteiger partial charge in [-0.15, -0.1) is 0 Å². The van der Waals surface area contributed by atoms with Gasteiger partial charge >= 0.3 is 0 Å². The van der Waals surface area contributed by atoms with E-state index in [-0.39, 0.29) is 0 Å². The van der Waals surface area contributed by atoms with Crippen molar-refractivity contribution in [2.24, 2.45) is 0 Å². The number of hydrogen-bond acceptors (Lipinski definition) is 5. The summed E-state index contributed by atoms with van der Waals surface area (Å²) in [5.74, 6) is 2.29. The third kappa shape index (κ3) is 3.66. The number of nitrogens with two attached hydrogens (primary N) is 1. The Bertz CT molecular complexity index is 559. The monoisotopic (exact) mass is 275 g/mol. The predicted molar refractivity (Wildman–Crippen MR) is 79.9 cm³/mol. The number of aryl methyl sites for hydroxylation is 2. The van der Waals surface area contributed by atoms with Gasteiger partial charge in [0, 0.05) is 23.5 Å². The van der Waals surface area contributed by atoms with Crippen molar-refractivity contribution in [1.29, 1.82) is 0 Å². The summed E-state index contributed by atoms with van der Waals surface area (Å²) in [4.78, 5) is 4.33. The minimum absolute atomic E-state index is 0.519. The summed E-state index contributed by atoms with van der Waals surface area (Å²) in [5.41, 5.74) is 8.35. The Hall–Kier alpha value is -2.17. The highest BCUT2D eigenvalue weighted by atomic mass is 16.5. The van der Waals surface area contributed by atoms with Crippen LogP contribution in [0.5, 0.6) is 5.75 Å². The Labute approximate surface area is 119 Å². The van der Waals surface area contributed by atoms with Crippen molar-refractivity contribution >= 4 is 11.4 Å². The van der Waals surface area contributed by atoms with Crippen LogP contribution in [0.1, 0.15) is 30.7 Å². The molecule has 1 heterocycles. The number of rotatable bonds is 6. The van der Waals surface area contributed by atoms with E-state index in [1.807, 2.05) is 32.0 Å². The third-order valence-corrected chi connectivity index (χ3v) is 2.92. The largest absolute Gasteiger partial charge is 0.493 e. The van der Waals surface area contributed by atoms with Crippen molar-refractivity contribution in [3.05, 3.63) is 35.5 Å². The summed E-state index contributed by atoms with van der Waals surface area (Å²) in [6, 6.07) is 5.61. The van der Waals surface area contributed by atoms with Crippen molar-refractivity contribution in [3.63, 3.8) is 0 Å². The normalized spacial score (nSPS) is 10.6. The van der Waals surface area contributed by atoms with Gasteiger partial charge in [-0.2, -0.15) is 0 Å². The zero-order chi connectivity index (χ0) is 14.5. The molecule has 0 spiro atoms. The molecule has 0 aliphatic heterocycles. The lowest BCUT2D eigenvalue weighted by atomic mass is 10.2. The SMILES string of the molecule is CCCOc1cc(N)cc(NCc2nc(C)c(C)o2)c1. The van der Waals surface area contributed by atoms with E-state index in [1.165, 1.54) is 0 Å². The van der Waals surface area contributed by atoms with Crippen LogP contribution in [0.15, 0.2) is 22.6 Å². The fourth-order valence-corrected chi connectivity index (χ4v) is 1.82. The minimum atomic E-state index is 0.519. The van der Waals surface area contributed by atoms with Crippen molar-refractivity contribution in [3.8, 4) is 5.75 Å². The average molecular weight is 275 g/mol. The minimum Gasteiger partial charge on any atom is -0.493 e. The Balaban J connectivity index is 2.03. The molecule has 0 aliphatic rings. The zero-order valence-corrected chi connectivity index (χ0v) is 12.2. The standard InChI is InChI=1S/C15H21N3O2/c1-4-5-19-14-7-12(16)6-13(8-14)17-9-15-18-10(2)11(3)20-15/h6-8,17H,4-5,9,16H2,1-3H3. The van der Waals surface area contributed by atoms with Crippen molar-refractivity contribution in [1.82, 2.24) is 4.98 Å². The molecule has 5 heteroatoms. The molecule has 0 saturated carbocycles. The number of nitrogens with zero attached hydrogens (tertiary/aromatic N) is 1. The second-order valence-electron chi connectivity index (χ2n) is 4.74. The molecule has 3 N–H and O–H groups in total. The van der Waals surface area contributed by atoms with Crippen LogP contribution in [0.4, 0.5) is 11.4 Å². The molecule has 0 unspecified atom stereocenters. The molecule has 0 bridgehead atoms. The molecule has 0 saturated heterocycles. The van der Waals surface area contributed by atoms with Gasteiger partial charge in [-0.05, 0) is 26.3 Å². The third-order valence-electron chi connectivity index (χ3n) is 2.92. The van der Waals surface area contributed by atoms with Crippen LogP contribution in [0, 0.1) is 13.8 Å². The zero-order valence-electron chi connectivity index (χ0n) is 12.2. The Morgan fingerprint density at radius 3 is 2.75 bits per heavy atom. The molecule has 0 fully saturated rings. The van der Waals surface area contributed by atoms with Gasteiger partial charge in [-0.25, -0.2) is 4.98 Å². The Morgan fingerprint density at radius 1 is 1.30 bits per heavy atom. The number of aromatic nitrogens is 1. The summed E-state index contributed by atoms with van der Waals surface area (Å²) in [5, 5.41) is 3.24. The number of nitrogens with one attached hydrogen (secondary N) is 1. The van der Waals surface area contributed by atoms with E-state index in [2.05, 4.69) is 17.2 Å². The average Bonchev–Trinajstić information content (AvgIpc) is 2.73. The van der Waals surface area contributed by atoms with E-state index in [0.29, 0.717) is 24.7 Å². The molecule has 5 nitrogen and oxygen atoms in total. The first-order valence-electron chi connectivity index (χ1n) is 6.78. The highest BCUT2D eigenvalue weighted by Gasteiger charge is 2.06. The summed E-state index contributed by atoms with van der Waals surface area (Å²) in [6.07, 6.45) is 0.965. The highest BCUT2D eigenvalue weighted by molar-refractivity contribution is 5.59. The molecular weight excluding hydrogens is 254 g/mol. The molecule has 108 valence electrons. The van der Waals surface area contributed by atoms with E-state index in [1.54, 1.807) is 0 Å². The van der Waals surface area contributed by atoms with Crippen molar-refractivity contribution in [2.75, 3.05) is 17.7 Å². The van der Waals surface area contributed by atoms with Crippen LogP contribution in [0.3, 0.4) is 0 Å². The molecule has 1 aromatic carbocycles. The summed E-state index contributed by atoms with van der Waals surface area (Å²) < 4.78 is 11.1. The molecule has 0 radical (unpaired) electrons. The molecule has 0 atom stereocenters. The van der Waals surface area contributed by atoms with Gasteiger partial charge in [-0.3, -0.25) is 0 Å². The van der Waals surface area contributed by atoms with Crippen LogP contribution in [0.2, 0.25) is 0 Å². The van der Waals surface area contributed by atoms with E-state index >= 15 is 0 Å². The topological polar surface area (TPSA) is 73.3 Å². The van der Waals surface area contributed by atoms with Crippen LogP contribution in [0.25, 0.3) is 0 Å². The van der Waals surface area contributed by atoms with Gasteiger partial charge < -0.3 is 20.2 Å². The van der Waals surface area contributed by atoms with Crippen molar-refractivity contribution in [2.45, 2.75) is 33.7 Å². The van der Waals surface area contributed by atoms with Gasteiger partial charge in [0.25, 0.3) is 0 Å². The van der Waals surface area contributed by atoms with E-state index < -0.39 is 0 Å². The second-order valence-corrected chi connectivity index (χ2v) is 4.74. The fraction of sp³-hybridized carbons (Fsp3) is 0.400. The van der Waals surface area contributed by atoms with Crippen LogP contribution < -0.4 is 15.8 Å². The molecule has 2 rings (SSSR count). The number of anilines is 2. The summed E-state index contributed by atoms with van der Waals surface area (Å²) >= 11 is 0. The summed E-state index contributed by atoms with van der Waals surface area (Å²) in [7, 11) is 0. The van der Waals surface area contributed by atoms with Gasteiger partial charge in [-0.1, -0.05) is 6.92 Å². The Morgan fingerprint density at radius 2 is 2.10 bits per heavy atom. The van der Waals surface area contributed by atoms with E-state index in [4.69, 9.17) is 14.9 Å². The number of nitrogen functional groups attached to an aromatic ring is 1. The smallest absolute Gasteiger partial charge is 0.213 e. The number of ether oxygens (including phenoxy) is 1. The summed E-state index contributed by atoms with van der Waals surface area (Å²) in [6.45, 7) is 7.10. The fourth-order valence-electron chi connectivity index (χ4n) is 1.82. The van der Waals surface area contributed by atoms with E-state index in [9.17, 15) is 0 Å². The maximum absolute atomic E-state index is 5.87. The number of benzene rings is 1. The Kier molecular flexibility index (Phi) is 4.50. The van der Waals surface area contributed by atoms with Gasteiger partial charge in [0.15, 0.2) is 0 Å². The molecule has 1 aromatic heterocycles. The second kappa shape index (κ2) is 6.32. The van der Waals surface area contributed by atoms with Gasteiger partial charge in [0.05, 0.1) is 18.8 Å². The first kappa shape index (κ1) is 14.2. The van der Waals surface area contributed by atoms with Gasteiger partial charge in [0.1, 0.15) is 11.5 Å². The van der Waals surface area contributed by atoms with Crippen LogP contribution >= 0.6 is 0 Å².